The van der Waals surface area contributed by atoms with Gasteiger partial charge in [-0.2, -0.15) is 5.21 Å². The van der Waals surface area contributed by atoms with Gasteiger partial charge in [-0.1, -0.05) is 11.6 Å². The zero-order chi connectivity index (χ0) is 17.8. The lowest BCUT2D eigenvalue weighted by Crippen LogP contribution is -2.24. The second-order valence-electron chi connectivity index (χ2n) is 5.11. The number of halogens is 3. The molecule has 0 aliphatic heterocycles. The Morgan fingerprint density at radius 1 is 1.08 bits per heavy atom. The van der Waals surface area contributed by atoms with Crippen molar-refractivity contribution in [2.75, 3.05) is 5.32 Å². The molecule has 3 aromatic rings. The van der Waals surface area contributed by atoms with E-state index in [2.05, 4.69) is 26.0 Å². The van der Waals surface area contributed by atoms with Gasteiger partial charge in [0.05, 0.1) is 0 Å². The lowest BCUT2D eigenvalue weighted by Gasteiger charge is -2.07. The van der Waals surface area contributed by atoms with Gasteiger partial charge in [0.25, 0.3) is 5.91 Å². The summed E-state index contributed by atoms with van der Waals surface area (Å²) in [5.41, 5.74) is 0.980. The maximum atomic E-state index is 13.2. The molecule has 25 heavy (non-hydrogen) atoms. The summed E-state index contributed by atoms with van der Waals surface area (Å²) in [7, 11) is 0. The summed E-state index contributed by atoms with van der Waals surface area (Å²) < 4.78 is 26.3. The number of benzene rings is 2. The van der Waals surface area contributed by atoms with E-state index in [-0.39, 0.29) is 18.1 Å². The number of aromatic nitrogens is 3. The van der Waals surface area contributed by atoms with Crippen LogP contribution in [0.1, 0.15) is 16.1 Å². The van der Waals surface area contributed by atoms with Crippen molar-refractivity contribution >= 4 is 29.0 Å². The molecule has 1 heterocycles. The number of carbonyl (C=O) groups is 1. The van der Waals surface area contributed by atoms with Gasteiger partial charge in [0.2, 0.25) is 0 Å². The number of H-pyrrole nitrogens is 1. The molecule has 3 rings (SSSR count). The van der Waals surface area contributed by atoms with Gasteiger partial charge < -0.3 is 10.6 Å². The van der Waals surface area contributed by atoms with E-state index in [9.17, 15) is 13.6 Å². The van der Waals surface area contributed by atoms with Gasteiger partial charge in [0.1, 0.15) is 11.6 Å². The Bertz CT molecular complexity index is 878. The number of hydrogen-bond donors (Lipinski definition) is 3. The third-order valence-electron chi connectivity index (χ3n) is 3.25. The van der Waals surface area contributed by atoms with Gasteiger partial charge in [0, 0.05) is 23.3 Å². The zero-order valence-corrected chi connectivity index (χ0v) is 13.4. The van der Waals surface area contributed by atoms with Crippen LogP contribution in [0.4, 0.5) is 20.3 Å². The fourth-order valence-electron chi connectivity index (χ4n) is 2.13. The number of nitrogens with one attached hydrogen (secondary N) is 3. The van der Waals surface area contributed by atoms with Crippen LogP contribution in [0.2, 0.25) is 5.02 Å². The predicted molar refractivity (Wildman–Crippen MR) is 88.6 cm³/mol. The number of amides is 1. The van der Waals surface area contributed by atoms with E-state index in [1.807, 2.05) is 0 Å². The van der Waals surface area contributed by atoms with Crippen molar-refractivity contribution in [2.45, 2.75) is 6.54 Å². The molecule has 0 spiro atoms. The Labute approximate surface area is 146 Å². The Morgan fingerprint density at radius 3 is 2.44 bits per heavy atom. The summed E-state index contributed by atoms with van der Waals surface area (Å²) in [6.45, 7) is -0.0548. The molecular formula is C16H12ClF2N5O. The summed E-state index contributed by atoms with van der Waals surface area (Å²) in [4.78, 5) is 12.2. The summed E-state index contributed by atoms with van der Waals surface area (Å²) in [5.74, 6) is -1.76. The van der Waals surface area contributed by atoms with Gasteiger partial charge in [-0.25, -0.2) is 8.78 Å². The van der Waals surface area contributed by atoms with E-state index < -0.39 is 17.5 Å². The number of carbonyl (C=O) groups excluding carboxylic acids is 1. The minimum absolute atomic E-state index is 0.0202. The van der Waals surface area contributed by atoms with Crippen LogP contribution in [0.25, 0.3) is 0 Å². The molecule has 0 aliphatic carbocycles. The lowest BCUT2D eigenvalue weighted by atomic mass is 10.2. The largest absolute Gasteiger partial charge is 0.346 e. The highest BCUT2D eigenvalue weighted by Crippen LogP contribution is 2.19. The molecule has 0 saturated heterocycles. The van der Waals surface area contributed by atoms with E-state index in [1.165, 1.54) is 0 Å². The van der Waals surface area contributed by atoms with Gasteiger partial charge in [-0.3, -0.25) is 4.79 Å². The minimum atomic E-state index is -0.712. The van der Waals surface area contributed by atoms with Crippen LogP contribution in [0, 0.1) is 11.6 Å². The van der Waals surface area contributed by atoms with Crippen LogP contribution in [0.5, 0.6) is 0 Å². The molecular weight excluding hydrogens is 352 g/mol. The molecule has 0 radical (unpaired) electrons. The number of nitrogens with zero attached hydrogens (tertiary/aromatic N) is 2. The first-order valence-corrected chi connectivity index (χ1v) is 7.55. The monoisotopic (exact) mass is 363 g/mol. The van der Waals surface area contributed by atoms with E-state index in [1.54, 1.807) is 24.3 Å². The molecule has 2 aromatic carbocycles. The third kappa shape index (κ3) is 4.30. The average Bonchev–Trinajstić information content (AvgIpc) is 3.02. The second kappa shape index (κ2) is 7.27. The van der Waals surface area contributed by atoms with Crippen molar-refractivity contribution in [3.63, 3.8) is 0 Å². The standard InChI is InChI=1S/C16H12ClF2N5O/c17-10-1-3-13(4-2-10)21-15-14(22-24-23-15)16(25)20-8-9-5-11(18)7-12(19)6-9/h1-7H,8H2,(H,20,25)(H2,21,22,23,24). The molecule has 0 fully saturated rings. The van der Waals surface area contributed by atoms with Crippen LogP contribution in [0.15, 0.2) is 42.5 Å². The smallest absolute Gasteiger partial charge is 0.275 e. The molecule has 9 heteroatoms. The van der Waals surface area contributed by atoms with Crippen LogP contribution in [-0.2, 0) is 6.54 Å². The van der Waals surface area contributed by atoms with E-state index in [0.717, 1.165) is 18.2 Å². The van der Waals surface area contributed by atoms with E-state index in [4.69, 9.17) is 11.6 Å². The molecule has 0 unspecified atom stereocenters. The second-order valence-corrected chi connectivity index (χ2v) is 5.55. The van der Waals surface area contributed by atoms with Gasteiger partial charge in [-0.15, -0.1) is 10.2 Å². The fourth-order valence-corrected chi connectivity index (χ4v) is 2.25. The number of anilines is 2. The van der Waals surface area contributed by atoms with E-state index in [0.29, 0.717) is 16.3 Å². The summed E-state index contributed by atoms with van der Waals surface area (Å²) >= 11 is 5.82. The molecule has 0 bridgehead atoms. The maximum Gasteiger partial charge on any atom is 0.275 e. The Hall–Kier alpha value is -3.00. The van der Waals surface area contributed by atoms with Crippen molar-refractivity contribution in [1.29, 1.82) is 0 Å². The molecule has 0 aliphatic rings. The number of rotatable bonds is 5. The Kier molecular flexibility index (Phi) is 4.90. The molecule has 1 aromatic heterocycles. The summed E-state index contributed by atoms with van der Waals surface area (Å²) in [5, 5.41) is 16.1. The van der Waals surface area contributed by atoms with Crippen molar-refractivity contribution in [1.82, 2.24) is 20.7 Å². The van der Waals surface area contributed by atoms with Crippen molar-refractivity contribution in [3.05, 3.63) is 70.4 Å². The first-order valence-electron chi connectivity index (χ1n) is 7.18. The van der Waals surface area contributed by atoms with Gasteiger partial charge >= 0.3 is 0 Å². The molecule has 1 amide bonds. The summed E-state index contributed by atoms with van der Waals surface area (Å²) in [6.07, 6.45) is 0. The molecule has 0 atom stereocenters. The van der Waals surface area contributed by atoms with Gasteiger partial charge in [0.15, 0.2) is 11.5 Å². The Balaban J connectivity index is 1.68. The highest BCUT2D eigenvalue weighted by Gasteiger charge is 2.16. The lowest BCUT2D eigenvalue weighted by molar-refractivity contribution is 0.0946. The predicted octanol–water partition coefficient (Wildman–Crippen LogP) is 3.41. The SMILES string of the molecule is O=C(NCc1cc(F)cc(F)c1)c1n[nH]nc1Nc1ccc(Cl)cc1. The molecule has 0 saturated carbocycles. The van der Waals surface area contributed by atoms with Crippen LogP contribution < -0.4 is 10.6 Å². The van der Waals surface area contributed by atoms with Gasteiger partial charge in [-0.05, 0) is 42.0 Å². The molecule has 3 N–H and O–H groups in total. The normalized spacial score (nSPS) is 10.5. The molecule has 128 valence electrons. The van der Waals surface area contributed by atoms with Crippen LogP contribution in [-0.4, -0.2) is 21.3 Å². The average molecular weight is 364 g/mol. The number of aromatic amines is 1. The van der Waals surface area contributed by atoms with E-state index >= 15 is 0 Å². The fraction of sp³-hybridized carbons (Fsp3) is 0.0625. The van der Waals surface area contributed by atoms with Crippen molar-refractivity contribution in [3.8, 4) is 0 Å². The third-order valence-corrected chi connectivity index (χ3v) is 3.50. The highest BCUT2D eigenvalue weighted by atomic mass is 35.5. The van der Waals surface area contributed by atoms with Crippen LogP contribution >= 0.6 is 11.6 Å². The highest BCUT2D eigenvalue weighted by molar-refractivity contribution is 6.30. The maximum absolute atomic E-state index is 13.2. The first-order chi connectivity index (χ1) is 12.0. The van der Waals surface area contributed by atoms with Crippen molar-refractivity contribution in [2.24, 2.45) is 0 Å². The molecule has 6 nitrogen and oxygen atoms in total. The Morgan fingerprint density at radius 2 is 1.76 bits per heavy atom. The minimum Gasteiger partial charge on any atom is -0.346 e. The quantitative estimate of drug-likeness (QED) is 0.648. The topological polar surface area (TPSA) is 82.7 Å². The number of hydrogen-bond acceptors (Lipinski definition) is 4. The van der Waals surface area contributed by atoms with Crippen molar-refractivity contribution < 1.29 is 13.6 Å². The van der Waals surface area contributed by atoms with Crippen LogP contribution in [0.3, 0.4) is 0 Å². The summed E-state index contributed by atoms with van der Waals surface area (Å²) in [6, 6.07) is 9.84. The first kappa shape index (κ1) is 16.8. The zero-order valence-electron chi connectivity index (χ0n) is 12.7.